The molecule has 17 heavy (non-hydrogen) atoms. The van der Waals surface area contributed by atoms with Gasteiger partial charge in [0.05, 0.1) is 0 Å². The molecule has 1 rings (SSSR count). The van der Waals surface area contributed by atoms with Crippen LogP contribution >= 0.6 is 0 Å². The normalized spacial score (nSPS) is 31.3. The van der Waals surface area contributed by atoms with Gasteiger partial charge in [-0.3, -0.25) is 0 Å². The topological polar surface area (TPSA) is 55.8 Å². The second-order valence-corrected chi connectivity index (χ2v) is 5.39. The van der Waals surface area contributed by atoms with Gasteiger partial charge in [-0.05, 0) is 30.6 Å². The maximum Gasteiger partial charge on any atom is 0.363 e. The predicted octanol–water partition coefficient (Wildman–Crippen LogP) is 1.96. The molecule has 4 heteroatoms. The summed E-state index contributed by atoms with van der Waals surface area (Å²) in [6.45, 7) is 6.46. The molecule has 0 saturated heterocycles. The lowest BCUT2D eigenvalue weighted by molar-refractivity contribution is -0.189. The zero-order valence-electron chi connectivity index (χ0n) is 11.2. The van der Waals surface area contributed by atoms with Crippen LogP contribution in [0.4, 0.5) is 0 Å². The summed E-state index contributed by atoms with van der Waals surface area (Å²) in [5.74, 6) is 0.777. The van der Waals surface area contributed by atoms with Crippen molar-refractivity contribution < 1.29 is 19.4 Å². The van der Waals surface area contributed by atoms with Gasteiger partial charge >= 0.3 is 5.97 Å². The van der Waals surface area contributed by atoms with E-state index in [4.69, 9.17) is 4.74 Å². The minimum Gasteiger partial charge on any atom is -0.458 e. The molecule has 1 aliphatic rings. The van der Waals surface area contributed by atoms with Gasteiger partial charge in [-0.15, -0.1) is 0 Å². The van der Waals surface area contributed by atoms with Crippen molar-refractivity contribution in [2.75, 3.05) is 7.11 Å². The van der Waals surface area contributed by atoms with Crippen LogP contribution in [0, 0.1) is 17.8 Å². The number of aliphatic hydroxyl groups is 1. The molecule has 0 aromatic heterocycles. The fraction of sp³-hybridized carbons (Fsp3) is 0.923. The molecule has 0 aromatic carbocycles. The molecule has 1 fully saturated rings. The first-order chi connectivity index (χ1) is 7.95. The molecule has 4 atom stereocenters. The predicted molar refractivity (Wildman–Crippen MR) is 64.2 cm³/mol. The Hall–Kier alpha value is -0.610. The molecular formula is C13H24O4. The van der Waals surface area contributed by atoms with Crippen LogP contribution in [-0.2, 0) is 14.3 Å². The van der Waals surface area contributed by atoms with Gasteiger partial charge in [0.1, 0.15) is 6.10 Å². The number of hydrogen-bond donors (Lipinski definition) is 1. The average molecular weight is 244 g/mol. The van der Waals surface area contributed by atoms with Gasteiger partial charge in [-0.25, -0.2) is 4.79 Å². The van der Waals surface area contributed by atoms with E-state index in [2.05, 4.69) is 25.5 Å². The smallest absolute Gasteiger partial charge is 0.363 e. The molecule has 1 aliphatic carbocycles. The van der Waals surface area contributed by atoms with Crippen LogP contribution in [0.2, 0.25) is 0 Å². The van der Waals surface area contributed by atoms with E-state index in [-0.39, 0.29) is 6.10 Å². The molecular weight excluding hydrogens is 220 g/mol. The highest BCUT2D eigenvalue weighted by atomic mass is 16.6. The second-order valence-electron chi connectivity index (χ2n) is 5.39. The molecule has 0 bridgehead atoms. The number of esters is 1. The highest BCUT2D eigenvalue weighted by Crippen LogP contribution is 2.35. The van der Waals surface area contributed by atoms with Crippen molar-refractivity contribution in [3.05, 3.63) is 0 Å². The molecule has 0 radical (unpaired) electrons. The van der Waals surface area contributed by atoms with Crippen molar-refractivity contribution in [2.24, 2.45) is 17.8 Å². The first-order valence-electron chi connectivity index (χ1n) is 6.37. The summed E-state index contributed by atoms with van der Waals surface area (Å²) in [4.78, 5) is 11.5. The number of methoxy groups -OCH3 is 1. The number of ether oxygens (including phenoxy) is 2. The van der Waals surface area contributed by atoms with Crippen LogP contribution < -0.4 is 0 Å². The summed E-state index contributed by atoms with van der Waals surface area (Å²) < 4.78 is 9.93. The Morgan fingerprint density at radius 1 is 1.35 bits per heavy atom. The van der Waals surface area contributed by atoms with Gasteiger partial charge in [0.15, 0.2) is 0 Å². The molecule has 1 unspecified atom stereocenters. The van der Waals surface area contributed by atoms with E-state index < -0.39 is 12.3 Å². The summed E-state index contributed by atoms with van der Waals surface area (Å²) in [6.07, 6.45) is 1.60. The molecule has 0 aromatic rings. The third kappa shape index (κ3) is 3.96. The number of aliphatic hydroxyl groups excluding tert-OH is 1. The highest BCUT2D eigenvalue weighted by Gasteiger charge is 2.34. The Morgan fingerprint density at radius 2 is 2.00 bits per heavy atom. The van der Waals surface area contributed by atoms with Crippen molar-refractivity contribution in [3.63, 3.8) is 0 Å². The maximum atomic E-state index is 11.5. The van der Waals surface area contributed by atoms with Gasteiger partial charge in [0.25, 0.3) is 6.29 Å². The van der Waals surface area contributed by atoms with E-state index in [9.17, 15) is 9.90 Å². The number of carbonyl (C=O) groups excluding carboxylic acids is 1. The van der Waals surface area contributed by atoms with Gasteiger partial charge < -0.3 is 14.6 Å². The highest BCUT2D eigenvalue weighted by molar-refractivity contribution is 5.73. The van der Waals surface area contributed by atoms with Crippen LogP contribution in [0.3, 0.4) is 0 Å². The molecule has 0 aliphatic heterocycles. The van der Waals surface area contributed by atoms with E-state index in [1.807, 2.05) is 0 Å². The Kier molecular flexibility index (Phi) is 5.40. The van der Waals surface area contributed by atoms with E-state index in [1.165, 1.54) is 13.5 Å². The van der Waals surface area contributed by atoms with Crippen molar-refractivity contribution >= 4 is 5.97 Å². The Morgan fingerprint density at radius 3 is 2.53 bits per heavy atom. The molecule has 100 valence electrons. The lowest BCUT2D eigenvalue weighted by Crippen LogP contribution is -2.38. The quantitative estimate of drug-likeness (QED) is 0.606. The lowest BCUT2D eigenvalue weighted by atomic mass is 9.75. The second kappa shape index (κ2) is 6.36. The van der Waals surface area contributed by atoms with Crippen LogP contribution in [0.15, 0.2) is 0 Å². The van der Waals surface area contributed by atoms with E-state index in [0.29, 0.717) is 17.8 Å². The van der Waals surface area contributed by atoms with E-state index in [0.717, 1.165) is 12.8 Å². The third-order valence-corrected chi connectivity index (χ3v) is 3.65. The Balaban J connectivity index is 2.60. The summed E-state index contributed by atoms with van der Waals surface area (Å²) >= 11 is 0. The maximum absolute atomic E-state index is 11.5. The third-order valence-electron chi connectivity index (χ3n) is 3.65. The average Bonchev–Trinajstić information content (AvgIpc) is 2.27. The zero-order chi connectivity index (χ0) is 13.0. The van der Waals surface area contributed by atoms with Gasteiger partial charge in [0.2, 0.25) is 0 Å². The summed E-state index contributed by atoms with van der Waals surface area (Å²) in [5.41, 5.74) is 0. The fourth-order valence-corrected chi connectivity index (χ4v) is 2.55. The minimum absolute atomic E-state index is 0.0870. The number of hydrogen-bond acceptors (Lipinski definition) is 4. The van der Waals surface area contributed by atoms with Gasteiger partial charge in [-0.2, -0.15) is 0 Å². The first kappa shape index (κ1) is 14.5. The van der Waals surface area contributed by atoms with Crippen LogP contribution in [0.1, 0.15) is 40.0 Å². The first-order valence-corrected chi connectivity index (χ1v) is 6.37. The van der Waals surface area contributed by atoms with Crippen molar-refractivity contribution in [1.82, 2.24) is 0 Å². The molecule has 4 nitrogen and oxygen atoms in total. The van der Waals surface area contributed by atoms with E-state index in [1.54, 1.807) is 0 Å². The zero-order valence-corrected chi connectivity index (χ0v) is 11.2. The minimum atomic E-state index is -1.46. The molecule has 1 saturated carbocycles. The van der Waals surface area contributed by atoms with Crippen molar-refractivity contribution in [3.8, 4) is 0 Å². The monoisotopic (exact) mass is 244 g/mol. The SMILES string of the molecule is COC(O)C(=O)O[C@@H]1C[C@H](C)CC[C@H]1C(C)C. The molecule has 1 N–H and O–H groups in total. The van der Waals surface area contributed by atoms with Gasteiger partial charge in [0, 0.05) is 7.11 Å². The Bertz CT molecular complexity index is 252. The Labute approximate surface area is 103 Å². The van der Waals surface area contributed by atoms with Crippen molar-refractivity contribution in [1.29, 1.82) is 0 Å². The van der Waals surface area contributed by atoms with E-state index >= 15 is 0 Å². The lowest BCUT2D eigenvalue weighted by Gasteiger charge is -2.36. The standard InChI is InChI=1S/C13H24O4/c1-8(2)10-6-5-9(3)7-11(10)17-13(15)12(14)16-4/h8-12,14H,5-7H2,1-4H3/t9-,10+,11-,12?/m1/s1. The number of rotatable bonds is 4. The fourth-order valence-electron chi connectivity index (χ4n) is 2.55. The van der Waals surface area contributed by atoms with Gasteiger partial charge in [-0.1, -0.05) is 27.2 Å². The molecule has 0 spiro atoms. The molecule has 0 heterocycles. The van der Waals surface area contributed by atoms with Crippen LogP contribution in [0.25, 0.3) is 0 Å². The molecule has 0 amide bonds. The number of carbonyl (C=O) groups is 1. The van der Waals surface area contributed by atoms with Crippen LogP contribution in [-0.4, -0.2) is 30.6 Å². The summed E-state index contributed by atoms with van der Waals surface area (Å²) in [7, 11) is 1.29. The van der Waals surface area contributed by atoms with Crippen molar-refractivity contribution in [2.45, 2.75) is 52.4 Å². The summed E-state index contributed by atoms with van der Waals surface area (Å²) in [6, 6.07) is 0. The largest absolute Gasteiger partial charge is 0.458 e. The summed E-state index contributed by atoms with van der Waals surface area (Å²) in [5, 5.41) is 9.25. The van der Waals surface area contributed by atoms with Crippen LogP contribution in [0.5, 0.6) is 0 Å².